The molecule has 0 aliphatic heterocycles. The number of rotatable bonds is 10. The van der Waals surface area contributed by atoms with E-state index in [4.69, 9.17) is 17.0 Å². The minimum absolute atomic E-state index is 0.0445. The molecule has 2 aromatic rings. The molecule has 4 nitrogen and oxygen atoms in total. The summed E-state index contributed by atoms with van der Waals surface area (Å²) < 4.78 is 0. The van der Waals surface area contributed by atoms with Gasteiger partial charge in [-0.3, -0.25) is 15.2 Å². The van der Waals surface area contributed by atoms with Crippen molar-refractivity contribution in [2.24, 2.45) is 10.9 Å². The van der Waals surface area contributed by atoms with Gasteiger partial charge in [-0.2, -0.15) is 0 Å². The van der Waals surface area contributed by atoms with E-state index in [-0.39, 0.29) is 24.0 Å². The lowest BCUT2D eigenvalue weighted by Gasteiger charge is -2.19. The first-order valence-corrected chi connectivity index (χ1v) is 11.4. The Morgan fingerprint density at radius 2 is 1.62 bits per heavy atom. The van der Waals surface area contributed by atoms with Gasteiger partial charge in [0.2, 0.25) is 0 Å². The summed E-state index contributed by atoms with van der Waals surface area (Å²) in [5.74, 6) is 0.484. The quantitative estimate of drug-likeness (QED) is 0.255. The van der Waals surface area contributed by atoms with E-state index >= 15 is 0 Å². The van der Waals surface area contributed by atoms with Crippen LogP contribution in [0, 0.1) is 11.3 Å². The van der Waals surface area contributed by atoms with E-state index in [0.717, 1.165) is 29.5 Å². The fourth-order valence-electron chi connectivity index (χ4n) is 3.22. The highest BCUT2D eigenvalue weighted by atomic mass is 35.5. The highest BCUT2D eigenvalue weighted by Crippen LogP contribution is 2.31. The predicted octanol–water partition coefficient (Wildman–Crippen LogP) is 6.27. The topological polar surface area (TPSA) is 65.3 Å². The molecule has 0 bridgehead atoms. The fourth-order valence-corrected chi connectivity index (χ4v) is 3.59. The maximum Gasteiger partial charge on any atom is 0.154 e. The van der Waals surface area contributed by atoms with Gasteiger partial charge in [0, 0.05) is 18.5 Å². The molecule has 0 fully saturated rings. The molecule has 0 radical (unpaired) electrons. The fraction of sp³-hybridized carbons (Fsp3) is 0.296. The van der Waals surface area contributed by atoms with Gasteiger partial charge in [-0.05, 0) is 24.0 Å². The molecular weight excluding hydrogens is 418 g/mol. The zero-order valence-electron chi connectivity index (χ0n) is 19.3. The number of allylic oxidation sites excluding steroid dienone is 3. The Bertz CT molecular complexity index is 1010. The molecule has 0 aliphatic carbocycles. The van der Waals surface area contributed by atoms with E-state index in [1.165, 1.54) is 0 Å². The maximum absolute atomic E-state index is 12.5. The number of carbonyl (C=O) groups excluding carboxylic acids is 1. The molecule has 1 atom stereocenters. The Morgan fingerprint density at radius 1 is 1.06 bits per heavy atom. The van der Waals surface area contributed by atoms with Crippen LogP contribution in [-0.2, 0) is 4.79 Å². The number of nitrogens with zero attached hydrogens (tertiary/aromatic N) is 1. The highest BCUT2D eigenvalue weighted by Gasteiger charge is 2.22. The Labute approximate surface area is 196 Å². The summed E-state index contributed by atoms with van der Waals surface area (Å²) in [5.41, 5.74) is 3.24. The van der Waals surface area contributed by atoms with Crippen LogP contribution in [-0.4, -0.2) is 30.9 Å². The van der Waals surface area contributed by atoms with Crippen LogP contribution in [0.15, 0.2) is 82.3 Å². The normalized spacial score (nSPS) is 13.9. The zero-order valence-corrected chi connectivity index (χ0v) is 20.0. The number of carbonyl (C=O) groups is 1. The summed E-state index contributed by atoms with van der Waals surface area (Å²) in [5, 5.41) is 12.6. The van der Waals surface area contributed by atoms with Crippen molar-refractivity contribution >= 4 is 34.5 Å². The summed E-state index contributed by atoms with van der Waals surface area (Å²) in [6.07, 6.45) is 3.61. The largest absolute Gasteiger partial charge is 0.363 e. The number of aliphatic imine (C=N–C) groups is 1. The lowest BCUT2D eigenvalue weighted by molar-refractivity contribution is -0.121. The Hall–Kier alpha value is -2.98. The summed E-state index contributed by atoms with van der Waals surface area (Å²) in [6.45, 7) is 6.09. The first-order chi connectivity index (χ1) is 15.4. The van der Waals surface area contributed by atoms with Crippen LogP contribution in [0.4, 0.5) is 0 Å². The Balaban J connectivity index is 2.60. The van der Waals surface area contributed by atoms with Crippen LogP contribution in [0.25, 0.3) is 5.57 Å². The van der Waals surface area contributed by atoms with Crippen molar-refractivity contribution in [1.29, 1.82) is 5.41 Å². The maximum atomic E-state index is 12.5. The minimum atomic E-state index is -0.0445. The lowest BCUT2D eigenvalue weighted by atomic mass is 9.95. The Morgan fingerprint density at radius 3 is 2.12 bits per heavy atom. The van der Waals surface area contributed by atoms with Crippen LogP contribution in [0.3, 0.4) is 0 Å². The second-order valence-corrected chi connectivity index (χ2v) is 7.90. The third-order valence-corrected chi connectivity index (χ3v) is 5.71. The molecule has 5 heteroatoms. The third kappa shape index (κ3) is 6.51. The van der Waals surface area contributed by atoms with Gasteiger partial charge in [0.1, 0.15) is 5.84 Å². The number of ketones is 1. The van der Waals surface area contributed by atoms with Crippen molar-refractivity contribution in [3.8, 4) is 0 Å². The summed E-state index contributed by atoms with van der Waals surface area (Å²) in [7, 11) is 1.64. The van der Waals surface area contributed by atoms with Gasteiger partial charge in [-0.1, -0.05) is 99.1 Å². The van der Waals surface area contributed by atoms with E-state index in [0.29, 0.717) is 16.4 Å². The monoisotopic (exact) mass is 449 g/mol. The standard InChI is InChI=1S/C27H32ClN3O/c1-5-13-22(20-14-9-7-10-15-20)25(28)24(26(29)21-16-11-8-12-17-21)27(30-4)31-18-23(32)19(3)6-2/h7-17,19,29H,5-6,18H2,1-4H3,(H,30,31)/b22-13+,25-24+,29-26?. The third-order valence-electron chi connectivity index (χ3n) is 5.31. The number of halogens is 1. The van der Waals surface area contributed by atoms with Gasteiger partial charge < -0.3 is 5.32 Å². The van der Waals surface area contributed by atoms with Crippen molar-refractivity contribution in [2.75, 3.05) is 13.6 Å². The molecular formula is C27H32ClN3O. The Kier molecular flexibility index (Phi) is 10.1. The number of hydrogen-bond acceptors (Lipinski definition) is 3. The van der Waals surface area contributed by atoms with Gasteiger partial charge in [0.05, 0.1) is 22.9 Å². The molecule has 0 spiro atoms. The number of amidine groups is 1. The molecule has 2 rings (SSSR count). The molecule has 0 amide bonds. The van der Waals surface area contributed by atoms with Crippen LogP contribution in [0.1, 0.15) is 44.7 Å². The van der Waals surface area contributed by atoms with Crippen molar-refractivity contribution in [1.82, 2.24) is 5.32 Å². The van der Waals surface area contributed by atoms with E-state index < -0.39 is 0 Å². The molecule has 0 aromatic heterocycles. The number of nitrogens with one attached hydrogen (secondary N) is 2. The number of Topliss-reactive ketones (excluding diaryl/α,β-unsaturated/α-hetero) is 1. The van der Waals surface area contributed by atoms with E-state index in [1.54, 1.807) is 7.05 Å². The molecule has 2 N–H and O–H groups in total. The van der Waals surface area contributed by atoms with Crippen molar-refractivity contribution < 1.29 is 4.79 Å². The molecule has 32 heavy (non-hydrogen) atoms. The van der Waals surface area contributed by atoms with Gasteiger partial charge in [0.25, 0.3) is 0 Å². The van der Waals surface area contributed by atoms with Crippen molar-refractivity contribution in [3.05, 3.63) is 88.5 Å². The first-order valence-electron chi connectivity index (χ1n) is 11.0. The highest BCUT2D eigenvalue weighted by molar-refractivity contribution is 6.45. The van der Waals surface area contributed by atoms with E-state index in [2.05, 4.69) is 10.3 Å². The summed E-state index contributed by atoms with van der Waals surface area (Å²) in [6, 6.07) is 19.3. The summed E-state index contributed by atoms with van der Waals surface area (Å²) in [4.78, 5) is 16.8. The molecule has 2 aromatic carbocycles. The van der Waals surface area contributed by atoms with Crippen LogP contribution in [0.2, 0.25) is 0 Å². The molecule has 0 saturated carbocycles. The van der Waals surface area contributed by atoms with Crippen LogP contribution >= 0.6 is 11.6 Å². The van der Waals surface area contributed by atoms with E-state index in [1.807, 2.05) is 87.5 Å². The van der Waals surface area contributed by atoms with Gasteiger partial charge >= 0.3 is 0 Å². The SMILES string of the molecule is CC/C=C(/C(Cl)=C(C(=N)c1ccccc1)\C(=N/C)NCC(=O)C(C)CC)c1ccccc1. The van der Waals surface area contributed by atoms with Crippen molar-refractivity contribution in [2.45, 2.75) is 33.6 Å². The first kappa shape index (κ1) is 25.3. The second-order valence-electron chi connectivity index (χ2n) is 7.52. The van der Waals surface area contributed by atoms with Gasteiger partial charge in [-0.25, -0.2) is 0 Å². The molecule has 1 unspecified atom stereocenters. The van der Waals surface area contributed by atoms with E-state index in [9.17, 15) is 4.79 Å². The molecule has 0 heterocycles. The molecule has 0 aliphatic rings. The summed E-state index contributed by atoms with van der Waals surface area (Å²) >= 11 is 7.01. The zero-order chi connectivity index (χ0) is 23.5. The average molecular weight is 450 g/mol. The lowest BCUT2D eigenvalue weighted by Crippen LogP contribution is -2.35. The average Bonchev–Trinajstić information content (AvgIpc) is 2.84. The molecule has 168 valence electrons. The predicted molar refractivity (Wildman–Crippen MR) is 137 cm³/mol. The smallest absolute Gasteiger partial charge is 0.154 e. The van der Waals surface area contributed by atoms with Gasteiger partial charge in [-0.15, -0.1) is 0 Å². The van der Waals surface area contributed by atoms with Crippen LogP contribution < -0.4 is 5.32 Å². The second kappa shape index (κ2) is 12.8. The molecule has 0 saturated heterocycles. The van der Waals surface area contributed by atoms with Crippen LogP contribution in [0.5, 0.6) is 0 Å². The van der Waals surface area contributed by atoms with Crippen molar-refractivity contribution in [3.63, 3.8) is 0 Å². The number of benzene rings is 2. The van der Waals surface area contributed by atoms with Gasteiger partial charge in [0.15, 0.2) is 5.78 Å². The minimum Gasteiger partial charge on any atom is -0.363 e. The number of hydrogen-bond donors (Lipinski definition) is 2.